The van der Waals surface area contributed by atoms with Crippen molar-refractivity contribution in [3.63, 3.8) is 0 Å². The van der Waals surface area contributed by atoms with Gasteiger partial charge in [0.05, 0.1) is 22.9 Å². The Balaban J connectivity index is 1.59. The van der Waals surface area contributed by atoms with Crippen LogP contribution in [0.2, 0.25) is 0 Å². The SMILES string of the molecule is Cc1oc(-c2cccs2)nc1CC(=O)N[C@@H]1CC[C@H](C(=O)O)C1. The van der Waals surface area contributed by atoms with Gasteiger partial charge in [0.1, 0.15) is 5.76 Å². The number of aliphatic carboxylic acids is 1. The summed E-state index contributed by atoms with van der Waals surface area (Å²) < 4.78 is 5.62. The molecule has 2 heterocycles. The number of hydrogen-bond acceptors (Lipinski definition) is 5. The van der Waals surface area contributed by atoms with Crippen LogP contribution in [0.3, 0.4) is 0 Å². The molecule has 1 aliphatic rings. The lowest BCUT2D eigenvalue weighted by molar-refractivity contribution is -0.141. The molecule has 23 heavy (non-hydrogen) atoms. The molecule has 2 N–H and O–H groups in total. The molecule has 6 nitrogen and oxygen atoms in total. The second-order valence-corrected chi connectivity index (χ2v) is 6.74. The van der Waals surface area contributed by atoms with E-state index in [0.29, 0.717) is 36.6 Å². The average Bonchev–Trinajstić information content (AvgIpc) is 3.20. The minimum atomic E-state index is -0.783. The molecule has 0 radical (unpaired) electrons. The molecule has 7 heteroatoms. The molecule has 1 aliphatic carbocycles. The van der Waals surface area contributed by atoms with Gasteiger partial charge in [0.25, 0.3) is 0 Å². The number of carbonyl (C=O) groups excluding carboxylic acids is 1. The lowest BCUT2D eigenvalue weighted by Gasteiger charge is -2.11. The van der Waals surface area contributed by atoms with Crippen molar-refractivity contribution < 1.29 is 19.1 Å². The maximum absolute atomic E-state index is 12.2. The van der Waals surface area contributed by atoms with Crippen LogP contribution in [0.25, 0.3) is 10.8 Å². The maximum atomic E-state index is 12.2. The zero-order chi connectivity index (χ0) is 16.4. The fourth-order valence-electron chi connectivity index (χ4n) is 2.87. The van der Waals surface area contributed by atoms with E-state index in [0.717, 1.165) is 4.88 Å². The van der Waals surface area contributed by atoms with Crippen LogP contribution in [-0.2, 0) is 16.0 Å². The normalized spacial score (nSPS) is 20.6. The van der Waals surface area contributed by atoms with Crippen molar-refractivity contribution in [3.05, 3.63) is 29.0 Å². The van der Waals surface area contributed by atoms with Crippen molar-refractivity contribution in [1.29, 1.82) is 0 Å². The minimum Gasteiger partial charge on any atom is -0.481 e. The predicted molar refractivity (Wildman–Crippen MR) is 85.2 cm³/mol. The third kappa shape index (κ3) is 3.61. The van der Waals surface area contributed by atoms with E-state index in [9.17, 15) is 9.59 Å². The van der Waals surface area contributed by atoms with Crippen LogP contribution in [0.5, 0.6) is 0 Å². The Labute approximate surface area is 137 Å². The number of oxazole rings is 1. The second kappa shape index (κ2) is 6.54. The first kappa shape index (κ1) is 15.7. The van der Waals surface area contributed by atoms with Gasteiger partial charge in [-0.1, -0.05) is 6.07 Å². The Hall–Kier alpha value is -2.15. The Bertz CT molecular complexity index is 708. The van der Waals surface area contributed by atoms with Gasteiger partial charge in [0.2, 0.25) is 11.8 Å². The highest BCUT2D eigenvalue weighted by molar-refractivity contribution is 7.13. The monoisotopic (exact) mass is 334 g/mol. The van der Waals surface area contributed by atoms with E-state index in [1.54, 1.807) is 6.92 Å². The largest absolute Gasteiger partial charge is 0.481 e. The van der Waals surface area contributed by atoms with Crippen molar-refractivity contribution in [1.82, 2.24) is 10.3 Å². The lowest BCUT2D eigenvalue weighted by Crippen LogP contribution is -2.34. The molecule has 1 amide bonds. The molecule has 0 aromatic carbocycles. The van der Waals surface area contributed by atoms with Gasteiger partial charge in [-0.25, -0.2) is 4.98 Å². The van der Waals surface area contributed by atoms with Crippen molar-refractivity contribution in [2.45, 2.75) is 38.6 Å². The summed E-state index contributed by atoms with van der Waals surface area (Å²) in [5.41, 5.74) is 0.624. The number of carbonyl (C=O) groups is 2. The van der Waals surface area contributed by atoms with Crippen molar-refractivity contribution in [2.24, 2.45) is 5.92 Å². The van der Waals surface area contributed by atoms with E-state index in [1.807, 2.05) is 17.5 Å². The van der Waals surface area contributed by atoms with Gasteiger partial charge in [0, 0.05) is 6.04 Å². The number of aryl methyl sites for hydroxylation is 1. The summed E-state index contributed by atoms with van der Waals surface area (Å²) in [7, 11) is 0. The highest BCUT2D eigenvalue weighted by Crippen LogP contribution is 2.27. The zero-order valence-corrected chi connectivity index (χ0v) is 13.6. The van der Waals surface area contributed by atoms with Gasteiger partial charge >= 0.3 is 5.97 Å². The van der Waals surface area contributed by atoms with Gasteiger partial charge in [-0.3, -0.25) is 9.59 Å². The van der Waals surface area contributed by atoms with Gasteiger partial charge in [-0.15, -0.1) is 11.3 Å². The molecule has 1 saturated carbocycles. The Kier molecular flexibility index (Phi) is 4.47. The average molecular weight is 334 g/mol. The number of hydrogen-bond donors (Lipinski definition) is 2. The van der Waals surface area contributed by atoms with Gasteiger partial charge in [0.15, 0.2) is 0 Å². The number of carboxylic acid groups (broad SMARTS) is 1. The predicted octanol–water partition coefficient (Wildman–Crippen LogP) is 2.62. The topological polar surface area (TPSA) is 92.4 Å². The minimum absolute atomic E-state index is 0.0624. The molecule has 0 saturated heterocycles. The van der Waals surface area contributed by atoms with Crippen molar-refractivity contribution in [2.75, 3.05) is 0 Å². The Morgan fingerprint density at radius 3 is 2.96 bits per heavy atom. The zero-order valence-electron chi connectivity index (χ0n) is 12.7. The standard InChI is InChI=1S/C16H18N2O4S/c1-9-12(18-15(22-9)13-3-2-6-23-13)8-14(19)17-11-5-4-10(7-11)16(20)21/h2-3,6,10-11H,4-5,7-8H2,1H3,(H,17,19)(H,20,21)/t10-,11+/m0/s1. The summed E-state index contributed by atoms with van der Waals surface area (Å²) in [4.78, 5) is 28.4. The number of aromatic nitrogens is 1. The summed E-state index contributed by atoms with van der Waals surface area (Å²) in [6, 6.07) is 3.78. The third-order valence-electron chi connectivity index (χ3n) is 4.10. The van der Waals surface area contributed by atoms with Crippen LogP contribution >= 0.6 is 11.3 Å². The molecule has 0 bridgehead atoms. The van der Waals surface area contributed by atoms with E-state index in [4.69, 9.17) is 9.52 Å². The number of carboxylic acids is 1. The molecule has 0 unspecified atom stereocenters. The van der Waals surface area contributed by atoms with Crippen LogP contribution in [-0.4, -0.2) is 28.0 Å². The van der Waals surface area contributed by atoms with Gasteiger partial charge in [-0.05, 0) is 37.6 Å². The van der Waals surface area contributed by atoms with Crippen molar-refractivity contribution in [3.8, 4) is 10.8 Å². The molecule has 0 spiro atoms. The van der Waals surface area contributed by atoms with E-state index in [-0.39, 0.29) is 24.3 Å². The highest BCUT2D eigenvalue weighted by Gasteiger charge is 2.30. The number of nitrogens with zero attached hydrogens (tertiary/aromatic N) is 1. The fourth-order valence-corrected chi connectivity index (χ4v) is 3.51. The Morgan fingerprint density at radius 1 is 1.48 bits per heavy atom. The van der Waals surface area contributed by atoms with Crippen LogP contribution in [0.1, 0.15) is 30.7 Å². The number of amides is 1. The summed E-state index contributed by atoms with van der Waals surface area (Å²) >= 11 is 1.53. The summed E-state index contributed by atoms with van der Waals surface area (Å²) in [6.07, 6.45) is 1.97. The molecule has 122 valence electrons. The summed E-state index contributed by atoms with van der Waals surface area (Å²) in [6.45, 7) is 1.79. The molecule has 3 rings (SSSR count). The van der Waals surface area contributed by atoms with E-state index >= 15 is 0 Å². The van der Waals surface area contributed by atoms with Crippen LogP contribution in [0.15, 0.2) is 21.9 Å². The fraction of sp³-hybridized carbons (Fsp3) is 0.438. The maximum Gasteiger partial charge on any atom is 0.306 e. The molecular formula is C16H18N2O4S. The quantitative estimate of drug-likeness (QED) is 0.877. The number of nitrogens with one attached hydrogen (secondary N) is 1. The number of rotatable bonds is 5. The molecule has 2 atom stereocenters. The summed E-state index contributed by atoms with van der Waals surface area (Å²) in [5.74, 6) is -0.102. The van der Waals surface area contributed by atoms with E-state index in [1.165, 1.54) is 11.3 Å². The smallest absolute Gasteiger partial charge is 0.306 e. The molecule has 2 aromatic rings. The molecular weight excluding hydrogens is 316 g/mol. The first-order chi connectivity index (χ1) is 11.0. The second-order valence-electron chi connectivity index (χ2n) is 5.79. The van der Waals surface area contributed by atoms with E-state index in [2.05, 4.69) is 10.3 Å². The first-order valence-corrected chi connectivity index (χ1v) is 8.43. The first-order valence-electron chi connectivity index (χ1n) is 7.55. The highest BCUT2D eigenvalue weighted by atomic mass is 32.1. The molecule has 0 aliphatic heterocycles. The molecule has 2 aromatic heterocycles. The third-order valence-corrected chi connectivity index (χ3v) is 4.96. The van der Waals surface area contributed by atoms with Gasteiger partial charge < -0.3 is 14.8 Å². The van der Waals surface area contributed by atoms with Crippen LogP contribution in [0.4, 0.5) is 0 Å². The van der Waals surface area contributed by atoms with E-state index < -0.39 is 5.97 Å². The lowest BCUT2D eigenvalue weighted by atomic mass is 10.1. The summed E-state index contributed by atoms with van der Waals surface area (Å²) in [5, 5.41) is 13.8. The van der Waals surface area contributed by atoms with Crippen LogP contribution < -0.4 is 5.32 Å². The van der Waals surface area contributed by atoms with Gasteiger partial charge in [-0.2, -0.15) is 0 Å². The van der Waals surface area contributed by atoms with Crippen molar-refractivity contribution >= 4 is 23.2 Å². The Morgan fingerprint density at radius 2 is 2.30 bits per heavy atom. The number of thiophene rings is 1. The molecule has 1 fully saturated rings. The van der Waals surface area contributed by atoms with Crippen LogP contribution in [0, 0.1) is 12.8 Å².